The lowest BCUT2D eigenvalue weighted by molar-refractivity contribution is -0.192. The highest BCUT2D eigenvalue weighted by Gasteiger charge is 2.41. The first-order valence-corrected chi connectivity index (χ1v) is 28.6. The first-order chi connectivity index (χ1) is 40.8. The van der Waals surface area contributed by atoms with Gasteiger partial charge in [-0.1, -0.05) is 77.8 Å². The number of alkyl halides is 3. The minimum Gasteiger partial charge on any atom is -0.480 e. The largest absolute Gasteiger partial charge is 0.490 e. The SMILES string of the molecule is CC(C)[C@H](NC(=O)CCCCCN1C(=O)C=CC1=O)C(=O)N[C@@H](C)C(=O)N[C@@H](CCCCNC(=O)[C@H]1CCC[C@H]1NC(=O)[C@@H](N)CCN(C(=O)CO)[C@@H](c1nc(-c2cc(F)ccc2F)cn1Cc1ccccc1)C(C)(C)C)C(=O)O.O=C(O)C(F)(F)F. The Morgan fingerprint density at radius 1 is 0.816 bits per heavy atom. The van der Waals surface area contributed by atoms with Crippen LogP contribution in [0.25, 0.3) is 11.3 Å². The summed E-state index contributed by atoms with van der Waals surface area (Å²) >= 11 is 0. The number of nitrogens with zero attached hydrogens (tertiary/aromatic N) is 4. The Bertz CT molecular complexity index is 2920. The Balaban J connectivity index is 0.00000217. The van der Waals surface area contributed by atoms with Crippen LogP contribution in [0.4, 0.5) is 22.0 Å². The van der Waals surface area contributed by atoms with Crippen LogP contribution in [-0.4, -0.2) is 156 Å². The van der Waals surface area contributed by atoms with Crippen molar-refractivity contribution in [2.45, 2.75) is 161 Å². The van der Waals surface area contributed by atoms with Crippen LogP contribution in [-0.2, 0) is 54.5 Å². The third-order valence-electron chi connectivity index (χ3n) is 14.5. The first-order valence-electron chi connectivity index (χ1n) is 28.6. The lowest BCUT2D eigenvalue weighted by Crippen LogP contribution is -2.56. The molecule has 2 aliphatic rings. The van der Waals surface area contributed by atoms with Gasteiger partial charge in [0.05, 0.1) is 23.7 Å². The maximum atomic E-state index is 15.2. The van der Waals surface area contributed by atoms with E-state index in [9.17, 15) is 70.9 Å². The molecule has 0 unspecified atom stereocenters. The van der Waals surface area contributed by atoms with Crippen molar-refractivity contribution in [1.82, 2.24) is 45.9 Å². The van der Waals surface area contributed by atoms with Gasteiger partial charge in [0.1, 0.15) is 42.2 Å². The van der Waals surface area contributed by atoms with Crippen molar-refractivity contribution >= 4 is 59.2 Å². The molecule has 28 heteroatoms. The average Bonchev–Trinajstić information content (AvgIpc) is 2.81. The van der Waals surface area contributed by atoms with Crippen molar-refractivity contribution in [3.05, 3.63) is 89.9 Å². The molecule has 0 radical (unpaired) electrons. The number of aliphatic carboxylic acids is 2. The summed E-state index contributed by atoms with van der Waals surface area (Å²) in [5, 5.41) is 40.8. The summed E-state index contributed by atoms with van der Waals surface area (Å²) in [4.78, 5) is 132. The fourth-order valence-corrected chi connectivity index (χ4v) is 9.91. The molecule has 8 amide bonds. The molecule has 1 aromatic heterocycles. The summed E-state index contributed by atoms with van der Waals surface area (Å²) in [5.74, 6) is -10.1. The van der Waals surface area contributed by atoms with Crippen LogP contribution in [0.1, 0.15) is 130 Å². The Morgan fingerprint density at radius 3 is 2.07 bits per heavy atom. The van der Waals surface area contributed by atoms with E-state index in [1.54, 1.807) is 24.6 Å². The molecule has 7 atom stereocenters. The van der Waals surface area contributed by atoms with Crippen molar-refractivity contribution in [2.24, 2.45) is 23.0 Å². The van der Waals surface area contributed by atoms with Gasteiger partial charge in [0.2, 0.25) is 35.4 Å². The molecule has 2 heterocycles. The zero-order valence-corrected chi connectivity index (χ0v) is 49.5. The standard InChI is InChI=1S/C57H78F2N10O11.C2HF3O2/c1-34(2)49(66-45(71)21-11-8-14-28-68-46(72)24-25-47(68)73)55(78)62-35(3)52(75)65-43(56(79)80)19-12-13-27-61-53(76)38-18-15-20-42(38)64-54(77)41(60)26-29-69(48(74)33-70)50(57(4,5)6)51-63-44(39-30-37(58)22-23-40(39)59)32-67(51)31-36-16-9-7-10-17-36;3-2(4,5)1(6)7/h7,9-10,16-17,22-25,30,32,34-35,38,41-43,49-50,70H,8,11-15,18-21,26-29,31,33,60H2,1-6H3,(H,61,76)(H,62,78)(H,64,77)(H,65,75)(H,66,71)(H,79,80);(H,6,7)/t35-,38-,41-,42+,43-,49-,50-;/m0./s1. The molecule has 0 saturated heterocycles. The van der Waals surface area contributed by atoms with Crippen molar-refractivity contribution in [2.75, 3.05) is 26.2 Å². The number of nitrogens with two attached hydrogens (primary N) is 1. The van der Waals surface area contributed by atoms with Gasteiger partial charge >= 0.3 is 18.1 Å². The molecule has 5 rings (SSSR count). The lowest BCUT2D eigenvalue weighted by atomic mass is 9.84. The molecular formula is C59H79F5N10O13. The number of hydrogen-bond acceptors (Lipinski definition) is 13. The van der Waals surface area contributed by atoms with E-state index in [-0.39, 0.29) is 80.3 Å². The van der Waals surface area contributed by atoms with E-state index in [2.05, 4.69) is 26.6 Å². The molecule has 3 aromatic rings. The van der Waals surface area contributed by atoms with Crippen LogP contribution in [0.2, 0.25) is 0 Å². The summed E-state index contributed by atoms with van der Waals surface area (Å²) in [6, 6.07) is 6.39. The summed E-state index contributed by atoms with van der Waals surface area (Å²) in [5.41, 5.74) is 6.63. The number of aliphatic hydroxyl groups is 1. The third kappa shape index (κ3) is 22.0. The Morgan fingerprint density at radius 2 is 1.47 bits per heavy atom. The molecular weight excluding hydrogens is 1150 g/mol. The number of imidazole rings is 1. The molecule has 87 heavy (non-hydrogen) atoms. The number of benzene rings is 2. The van der Waals surface area contributed by atoms with E-state index in [0.717, 1.165) is 28.7 Å². The zero-order valence-electron chi connectivity index (χ0n) is 49.5. The van der Waals surface area contributed by atoms with Crippen LogP contribution in [0.5, 0.6) is 0 Å². The molecule has 1 saturated carbocycles. The number of hydrogen-bond donors (Lipinski definition) is 9. The normalized spacial score (nSPS) is 16.6. The highest BCUT2D eigenvalue weighted by Crippen LogP contribution is 2.40. The number of unbranched alkanes of at least 4 members (excludes halogenated alkanes) is 3. The number of nitrogens with one attached hydrogen (secondary N) is 5. The van der Waals surface area contributed by atoms with Gasteiger partial charge in [0.15, 0.2) is 0 Å². The average molecular weight is 1230 g/mol. The maximum absolute atomic E-state index is 15.2. The van der Waals surface area contributed by atoms with Gasteiger partial charge in [-0.3, -0.25) is 43.3 Å². The van der Waals surface area contributed by atoms with E-state index >= 15 is 4.39 Å². The van der Waals surface area contributed by atoms with Gasteiger partial charge in [-0.05, 0) is 93.4 Å². The molecule has 0 spiro atoms. The van der Waals surface area contributed by atoms with Crippen LogP contribution in [0.3, 0.4) is 0 Å². The predicted molar refractivity (Wildman–Crippen MR) is 305 cm³/mol. The van der Waals surface area contributed by atoms with Gasteiger partial charge in [-0.15, -0.1) is 0 Å². The monoisotopic (exact) mass is 1230 g/mol. The fourth-order valence-electron chi connectivity index (χ4n) is 9.91. The molecule has 1 aliphatic heterocycles. The summed E-state index contributed by atoms with van der Waals surface area (Å²) in [7, 11) is 0. The number of aliphatic hydroxyl groups excluding tert-OH is 1. The molecule has 10 N–H and O–H groups in total. The first kappa shape index (κ1) is 71.3. The number of imide groups is 1. The molecule has 478 valence electrons. The van der Waals surface area contributed by atoms with Gasteiger partial charge in [0, 0.05) is 62.6 Å². The van der Waals surface area contributed by atoms with Gasteiger partial charge < -0.3 is 57.1 Å². The number of amides is 8. The summed E-state index contributed by atoms with van der Waals surface area (Å²) in [6.07, 6.45) is 2.75. The number of carbonyl (C=O) groups is 10. The van der Waals surface area contributed by atoms with Gasteiger partial charge in [-0.2, -0.15) is 13.2 Å². The van der Waals surface area contributed by atoms with Crippen molar-refractivity contribution in [3.8, 4) is 11.3 Å². The number of aromatic nitrogens is 2. The Hall–Kier alpha value is -8.14. The van der Waals surface area contributed by atoms with Crippen molar-refractivity contribution < 1.29 is 85.2 Å². The molecule has 2 aromatic carbocycles. The predicted octanol–water partition coefficient (Wildman–Crippen LogP) is 4.41. The Kier molecular flexibility index (Phi) is 27.2. The maximum Gasteiger partial charge on any atom is 0.490 e. The summed E-state index contributed by atoms with van der Waals surface area (Å²) in [6.45, 7) is 10.1. The van der Waals surface area contributed by atoms with Gasteiger partial charge in [-0.25, -0.2) is 23.4 Å². The third-order valence-corrected chi connectivity index (χ3v) is 14.5. The second-order valence-corrected chi connectivity index (χ2v) is 22.8. The van der Waals surface area contributed by atoms with Crippen LogP contribution >= 0.6 is 0 Å². The number of carboxylic acids is 2. The van der Waals surface area contributed by atoms with E-state index in [0.29, 0.717) is 57.2 Å². The van der Waals surface area contributed by atoms with Gasteiger partial charge in [0.25, 0.3) is 11.8 Å². The number of rotatable bonds is 30. The minimum absolute atomic E-state index is 0.00846. The van der Waals surface area contributed by atoms with E-state index in [1.807, 2.05) is 51.1 Å². The molecule has 23 nitrogen and oxygen atoms in total. The van der Waals surface area contributed by atoms with Crippen molar-refractivity contribution in [3.63, 3.8) is 0 Å². The lowest BCUT2D eigenvalue weighted by Gasteiger charge is -2.40. The quantitative estimate of drug-likeness (QED) is 0.0254. The van der Waals surface area contributed by atoms with E-state index < -0.39 is 113 Å². The number of carboxylic acid groups (broad SMARTS) is 2. The number of carbonyl (C=O) groups excluding carboxylic acids is 8. The van der Waals surface area contributed by atoms with Crippen molar-refractivity contribution in [1.29, 1.82) is 0 Å². The zero-order chi connectivity index (χ0) is 64.9. The molecule has 0 bridgehead atoms. The second kappa shape index (κ2) is 33.1. The molecule has 1 aliphatic carbocycles. The fraction of sp³-hybridized carbons (Fsp3) is 0.542. The van der Waals surface area contributed by atoms with E-state index in [1.165, 1.54) is 24.0 Å². The topological polar surface area (TPSA) is 342 Å². The number of halogens is 5. The highest BCUT2D eigenvalue weighted by atomic mass is 19.4. The van der Waals surface area contributed by atoms with Crippen LogP contribution < -0.4 is 32.3 Å². The van der Waals surface area contributed by atoms with Crippen LogP contribution in [0, 0.1) is 28.9 Å². The van der Waals surface area contributed by atoms with E-state index in [4.69, 9.17) is 20.6 Å². The Labute approximate surface area is 500 Å². The minimum atomic E-state index is -5.08. The molecule has 1 fully saturated rings. The van der Waals surface area contributed by atoms with Crippen LogP contribution in [0.15, 0.2) is 66.9 Å². The smallest absolute Gasteiger partial charge is 0.480 e. The summed E-state index contributed by atoms with van der Waals surface area (Å²) < 4.78 is 63.1. The highest BCUT2D eigenvalue weighted by molar-refractivity contribution is 6.12. The second-order valence-electron chi connectivity index (χ2n) is 22.8.